The van der Waals surface area contributed by atoms with Crippen LogP contribution in [-0.2, 0) is 11.1 Å². The topological polar surface area (TPSA) is 60.4 Å². The van der Waals surface area contributed by atoms with Gasteiger partial charge in [0, 0.05) is 5.25 Å². The number of aliphatic hydroxyl groups excluding tert-OH is 1. The Hall–Kier alpha value is -0.140. The van der Waals surface area contributed by atoms with E-state index >= 15 is 0 Å². The minimum absolute atomic E-state index is 0.158. The maximum Gasteiger partial charge on any atom is 0.393 e. The van der Waals surface area contributed by atoms with Crippen molar-refractivity contribution in [3.8, 4) is 0 Å². The molecule has 0 radical (unpaired) electrons. The summed E-state index contributed by atoms with van der Waals surface area (Å²) < 4.78 is 60.1. The van der Waals surface area contributed by atoms with Crippen LogP contribution in [0.2, 0.25) is 0 Å². The molecule has 7 heteroatoms. The van der Waals surface area contributed by atoms with Gasteiger partial charge in [-0.05, 0) is 24.2 Å². The molecule has 2 fully saturated rings. The number of hydrogen-bond acceptors (Lipinski definition) is 3. The molecule has 2 rings (SSSR count). The van der Waals surface area contributed by atoms with Gasteiger partial charge in [-0.2, -0.15) is 13.2 Å². The average Bonchev–Trinajstić information content (AvgIpc) is 2.63. The molecule has 7 unspecified atom stereocenters. The Morgan fingerprint density at radius 1 is 1.38 bits per heavy atom. The van der Waals surface area contributed by atoms with Crippen LogP contribution in [0.4, 0.5) is 13.2 Å². The van der Waals surface area contributed by atoms with Crippen LogP contribution in [0.1, 0.15) is 13.3 Å². The van der Waals surface area contributed by atoms with Gasteiger partial charge in [0.1, 0.15) is 0 Å². The van der Waals surface area contributed by atoms with Gasteiger partial charge in [0.2, 0.25) is 0 Å². The highest BCUT2D eigenvalue weighted by atomic mass is 32.2. The van der Waals surface area contributed by atoms with Crippen molar-refractivity contribution in [2.45, 2.75) is 30.9 Å². The highest BCUT2D eigenvalue weighted by Crippen LogP contribution is 2.58. The normalized spacial score (nSPS) is 49.6. The number of halogens is 3. The van der Waals surface area contributed by atoms with Crippen molar-refractivity contribution in [2.24, 2.45) is 23.7 Å². The molecule has 0 spiro atoms. The summed E-state index contributed by atoms with van der Waals surface area (Å²) in [6, 6.07) is 0. The van der Waals surface area contributed by atoms with Crippen LogP contribution < -0.4 is 0 Å². The third kappa shape index (κ3) is 1.60. The van der Waals surface area contributed by atoms with E-state index < -0.39 is 52.3 Å². The molecular formula is C9H12F3O3S-. The Morgan fingerprint density at radius 3 is 2.38 bits per heavy atom. The van der Waals surface area contributed by atoms with E-state index in [-0.39, 0.29) is 6.42 Å². The van der Waals surface area contributed by atoms with Crippen LogP contribution in [-0.4, -0.2) is 31.4 Å². The van der Waals surface area contributed by atoms with Gasteiger partial charge >= 0.3 is 6.18 Å². The Morgan fingerprint density at radius 2 is 1.94 bits per heavy atom. The maximum atomic E-state index is 12.8. The summed E-state index contributed by atoms with van der Waals surface area (Å²) >= 11 is -2.78. The van der Waals surface area contributed by atoms with Crippen molar-refractivity contribution in [3.63, 3.8) is 0 Å². The molecule has 0 aromatic heterocycles. The lowest BCUT2D eigenvalue weighted by atomic mass is 9.79. The zero-order valence-corrected chi connectivity index (χ0v) is 9.29. The summed E-state index contributed by atoms with van der Waals surface area (Å²) in [4.78, 5) is 0. The quantitative estimate of drug-likeness (QED) is 0.714. The fourth-order valence-electron chi connectivity index (χ4n) is 3.32. The zero-order valence-electron chi connectivity index (χ0n) is 8.48. The second-order valence-corrected chi connectivity index (χ2v) is 5.77. The molecule has 0 saturated heterocycles. The molecule has 94 valence electrons. The van der Waals surface area contributed by atoms with Crippen molar-refractivity contribution < 1.29 is 27.0 Å². The first-order valence-corrected chi connectivity index (χ1v) is 6.21. The van der Waals surface area contributed by atoms with Crippen LogP contribution in [0.5, 0.6) is 0 Å². The van der Waals surface area contributed by atoms with Crippen molar-refractivity contribution in [2.75, 3.05) is 0 Å². The SMILES string of the molecule is CC1C(O)C2CC1C(C(F)(F)F)C2S(=O)[O-]. The fraction of sp³-hybridized carbons (Fsp3) is 1.00. The third-order valence-corrected chi connectivity index (χ3v) is 5.12. The van der Waals surface area contributed by atoms with Crippen molar-refractivity contribution in [1.82, 2.24) is 0 Å². The third-order valence-electron chi connectivity index (χ3n) is 4.03. The lowest BCUT2D eigenvalue weighted by molar-refractivity contribution is -0.195. The van der Waals surface area contributed by atoms with Crippen LogP contribution >= 0.6 is 0 Å². The van der Waals surface area contributed by atoms with Gasteiger partial charge in [0.15, 0.2) is 0 Å². The van der Waals surface area contributed by atoms with E-state index in [0.717, 1.165) is 0 Å². The Bertz CT molecular complexity index is 320. The lowest BCUT2D eigenvalue weighted by Crippen LogP contribution is -2.48. The molecule has 0 amide bonds. The highest BCUT2D eigenvalue weighted by molar-refractivity contribution is 7.79. The van der Waals surface area contributed by atoms with Gasteiger partial charge in [0.05, 0.1) is 12.0 Å². The Kier molecular flexibility index (Phi) is 2.83. The van der Waals surface area contributed by atoms with Crippen LogP contribution in [0.25, 0.3) is 0 Å². The van der Waals surface area contributed by atoms with Crippen molar-refractivity contribution in [1.29, 1.82) is 0 Å². The lowest BCUT2D eigenvalue weighted by Gasteiger charge is -2.39. The van der Waals surface area contributed by atoms with Crippen LogP contribution in [0.15, 0.2) is 0 Å². The van der Waals surface area contributed by atoms with Gasteiger partial charge in [-0.25, -0.2) is 0 Å². The number of rotatable bonds is 1. The van der Waals surface area contributed by atoms with Crippen molar-refractivity contribution in [3.05, 3.63) is 0 Å². The molecular weight excluding hydrogens is 245 g/mol. The average molecular weight is 257 g/mol. The number of fused-ring (bicyclic) bond motifs is 2. The molecule has 16 heavy (non-hydrogen) atoms. The van der Waals surface area contributed by atoms with Gasteiger partial charge < -0.3 is 9.66 Å². The van der Waals surface area contributed by atoms with Crippen LogP contribution in [0, 0.1) is 23.7 Å². The van der Waals surface area contributed by atoms with E-state index in [1.165, 1.54) is 0 Å². The molecule has 0 aromatic rings. The molecule has 2 saturated carbocycles. The first-order valence-electron chi connectivity index (χ1n) is 5.08. The standard InChI is InChI=1S/C9H13F3O3S/c1-3-4-2-5(7(3)13)8(16(14)15)6(4)9(10,11)12/h3-8,13H,2H2,1H3,(H,14,15)/p-1. The number of hydrogen-bond donors (Lipinski definition) is 1. The van der Waals surface area contributed by atoms with Gasteiger partial charge in [-0.15, -0.1) is 0 Å². The zero-order chi connectivity index (χ0) is 12.2. The predicted octanol–water partition coefficient (Wildman–Crippen LogP) is 1.06. The molecule has 0 aliphatic heterocycles. The van der Waals surface area contributed by atoms with E-state index in [9.17, 15) is 27.0 Å². The minimum atomic E-state index is -4.50. The minimum Gasteiger partial charge on any atom is -0.772 e. The van der Waals surface area contributed by atoms with Crippen molar-refractivity contribution >= 4 is 11.1 Å². The van der Waals surface area contributed by atoms with E-state index in [2.05, 4.69) is 0 Å². The molecule has 2 aliphatic carbocycles. The maximum absolute atomic E-state index is 12.8. The number of aliphatic hydroxyl groups is 1. The molecule has 0 heterocycles. The summed E-state index contributed by atoms with van der Waals surface area (Å²) in [5.41, 5.74) is 0. The first-order chi connectivity index (χ1) is 7.25. The monoisotopic (exact) mass is 257 g/mol. The molecule has 7 atom stereocenters. The van der Waals surface area contributed by atoms with E-state index in [4.69, 9.17) is 0 Å². The summed E-state index contributed by atoms with van der Waals surface area (Å²) in [5.74, 6) is -3.81. The summed E-state index contributed by atoms with van der Waals surface area (Å²) in [5, 5.41) is 8.17. The number of alkyl halides is 3. The second-order valence-electron chi connectivity index (χ2n) is 4.71. The second kappa shape index (κ2) is 3.68. The first kappa shape index (κ1) is 12.3. The Balaban J connectivity index is 2.34. The molecule has 0 aromatic carbocycles. The van der Waals surface area contributed by atoms with Gasteiger partial charge in [-0.3, -0.25) is 4.21 Å². The molecule has 1 N–H and O–H groups in total. The predicted molar refractivity (Wildman–Crippen MR) is 49.0 cm³/mol. The van der Waals surface area contributed by atoms with Gasteiger partial charge in [0.25, 0.3) is 0 Å². The largest absolute Gasteiger partial charge is 0.772 e. The summed E-state index contributed by atoms with van der Waals surface area (Å²) in [7, 11) is 0. The van der Waals surface area contributed by atoms with E-state index in [0.29, 0.717) is 0 Å². The summed E-state index contributed by atoms with van der Waals surface area (Å²) in [6.45, 7) is 1.55. The van der Waals surface area contributed by atoms with Crippen LogP contribution in [0.3, 0.4) is 0 Å². The molecule has 2 bridgehead atoms. The highest BCUT2D eigenvalue weighted by Gasteiger charge is 2.64. The molecule has 3 nitrogen and oxygen atoms in total. The van der Waals surface area contributed by atoms with Gasteiger partial charge in [-0.1, -0.05) is 18.0 Å². The molecule has 2 aliphatic rings. The summed E-state index contributed by atoms with van der Waals surface area (Å²) in [6.07, 6.45) is -5.27. The van der Waals surface area contributed by atoms with E-state index in [1.54, 1.807) is 6.92 Å². The smallest absolute Gasteiger partial charge is 0.393 e. The van der Waals surface area contributed by atoms with E-state index in [1.807, 2.05) is 0 Å². The Labute approximate surface area is 93.3 Å². The fourth-order valence-corrected chi connectivity index (χ4v) is 4.47.